The van der Waals surface area contributed by atoms with Crippen LogP contribution in [0.3, 0.4) is 0 Å². The molecule has 0 saturated heterocycles. The van der Waals surface area contributed by atoms with Gasteiger partial charge in [-0.2, -0.15) is 5.10 Å². The Bertz CT molecular complexity index is 507. The van der Waals surface area contributed by atoms with Gasteiger partial charge in [0.25, 0.3) is 0 Å². The molecule has 4 nitrogen and oxygen atoms in total. The van der Waals surface area contributed by atoms with Crippen molar-refractivity contribution in [2.75, 3.05) is 5.32 Å². The third-order valence-corrected chi connectivity index (χ3v) is 2.91. The van der Waals surface area contributed by atoms with Crippen LogP contribution in [0.25, 0.3) is 0 Å². The summed E-state index contributed by atoms with van der Waals surface area (Å²) in [6.07, 6.45) is 2.92. The summed E-state index contributed by atoms with van der Waals surface area (Å²) in [4.78, 5) is 4.38. The number of hydrogen-bond donors (Lipinski definition) is 1. The number of anilines is 1. The fourth-order valence-electron chi connectivity index (χ4n) is 1.68. The lowest BCUT2D eigenvalue weighted by atomic mass is 10.3. The zero-order valence-corrected chi connectivity index (χ0v) is 11.5. The second kappa shape index (κ2) is 5.31. The minimum Gasteiger partial charge on any atom is -0.377 e. The normalized spacial score (nSPS) is 10.5. The molecule has 0 atom stereocenters. The van der Waals surface area contributed by atoms with Gasteiger partial charge in [-0.25, -0.2) is 4.98 Å². The fourth-order valence-corrected chi connectivity index (χ4v) is 2.06. The topological polar surface area (TPSA) is 42.7 Å². The smallest absolute Gasteiger partial charge is 0.106 e. The standard InChI is InChI=1S/C12H15BrN4/c1-3-10-11(8-17(2)16-10)14-7-9-5-4-6-12(13)15-9/h4-6,8,14H,3,7H2,1-2H3. The van der Waals surface area contributed by atoms with Gasteiger partial charge in [-0.1, -0.05) is 13.0 Å². The molecule has 1 N–H and O–H groups in total. The van der Waals surface area contributed by atoms with Crippen molar-refractivity contribution in [2.45, 2.75) is 19.9 Å². The molecule has 2 rings (SSSR count). The Morgan fingerprint density at radius 3 is 2.94 bits per heavy atom. The van der Waals surface area contributed by atoms with Gasteiger partial charge in [0, 0.05) is 13.2 Å². The Morgan fingerprint density at radius 2 is 2.24 bits per heavy atom. The van der Waals surface area contributed by atoms with Gasteiger partial charge in [-0.15, -0.1) is 0 Å². The second-order valence-electron chi connectivity index (χ2n) is 3.82. The summed E-state index contributed by atoms with van der Waals surface area (Å²) in [5, 5.41) is 7.75. The Hall–Kier alpha value is -1.36. The van der Waals surface area contributed by atoms with E-state index in [1.165, 1.54) is 0 Å². The van der Waals surface area contributed by atoms with Crippen molar-refractivity contribution >= 4 is 21.6 Å². The molecule has 0 aliphatic rings. The third kappa shape index (κ3) is 3.06. The molecule has 0 aromatic carbocycles. The first-order valence-corrected chi connectivity index (χ1v) is 6.36. The molecule has 0 saturated carbocycles. The maximum absolute atomic E-state index is 4.38. The van der Waals surface area contributed by atoms with E-state index >= 15 is 0 Å². The van der Waals surface area contributed by atoms with Crippen LogP contribution in [0, 0.1) is 0 Å². The van der Waals surface area contributed by atoms with Crippen LogP contribution >= 0.6 is 15.9 Å². The average molecular weight is 295 g/mol. The van der Waals surface area contributed by atoms with Crippen molar-refractivity contribution in [1.29, 1.82) is 0 Å². The highest BCUT2D eigenvalue weighted by Gasteiger charge is 2.05. The van der Waals surface area contributed by atoms with Gasteiger partial charge in [0.1, 0.15) is 4.60 Å². The van der Waals surface area contributed by atoms with Gasteiger partial charge in [0.05, 0.1) is 23.6 Å². The molecule has 0 spiro atoms. The highest BCUT2D eigenvalue weighted by molar-refractivity contribution is 9.10. The zero-order chi connectivity index (χ0) is 12.3. The first-order valence-electron chi connectivity index (χ1n) is 5.57. The van der Waals surface area contributed by atoms with E-state index in [1.807, 2.05) is 36.1 Å². The van der Waals surface area contributed by atoms with E-state index in [2.05, 4.69) is 38.3 Å². The maximum atomic E-state index is 4.38. The van der Waals surface area contributed by atoms with Gasteiger partial charge >= 0.3 is 0 Å². The van der Waals surface area contributed by atoms with E-state index in [0.29, 0.717) is 6.54 Å². The van der Waals surface area contributed by atoms with Crippen molar-refractivity contribution in [2.24, 2.45) is 7.05 Å². The third-order valence-electron chi connectivity index (χ3n) is 2.47. The molecule has 0 unspecified atom stereocenters. The van der Waals surface area contributed by atoms with Crippen LogP contribution in [0.5, 0.6) is 0 Å². The summed E-state index contributed by atoms with van der Waals surface area (Å²) in [5.74, 6) is 0. The van der Waals surface area contributed by atoms with Crippen molar-refractivity contribution in [3.63, 3.8) is 0 Å². The number of aromatic nitrogens is 3. The number of hydrogen-bond acceptors (Lipinski definition) is 3. The van der Waals surface area contributed by atoms with E-state index < -0.39 is 0 Å². The predicted molar refractivity (Wildman–Crippen MR) is 71.8 cm³/mol. The maximum Gasteiger partial charge on any atom is 0.106 e. The highest BCUT2D eigenvalue weighted by Crippen LogP contribution is 2.15. The summed E-state index contributed by atoms with van der Waals surface area (Å²) in [6.45, 7) is 2.81. The SMILES string of the molecule is CCc1nn(C)cc1NCc1cccc(Br)n1. The number of nitrogens with zero attached hydrogens (tertiary/aromatic N) is 3. The van der Waals surface area contributed by atoms with Crippen LogP contribution in [0.2, 0.25) is 0 Å². The van der Waals surface area contributed by atoms with Crippen LogP contribution in [0.1, 0.15) is 18.3 Å². The minimum absolute atomic E-state index is 0.706. The molecule has 0 radical (unpaired) electrons. The van der Waals surface area contributed by atoms with E-state index in [1.54, 1.807) is 0 Å². The van der Waals surface area contributed by atoms with Crippen LogP contribution in [-0.2, 0) is 20.0 Å². The molecule has 17 heavy (non-hydrogen) atoms. The molecule has 0 aliphatic heterocycles. The first kappa shape index (κ1) is 12.1. The average Bonchev–Trinajstić information content (AvgIpc) is 2.67. The van der Waals surface area contributed by atoms with E-state index in [0.717, 1.165) is 28.1 Å². The van der Waals surface area contributed by atoms with Crippen molar-refractivity contribution < 1.29 is 0 Å². The minimum atomic E-state index is 0.706. The predicted octanol–water partition coefficient (Wildman–Crippen LogP) is 2.75. The van der Waals surface area contributed by atoms with Gasteiger partial charge < -0.3 is 5.32 Å². The molecule has 2 aromatic rings. The first-order chi connectivity index (χ1) is 8.19. The lowest BCUT2D eigenvalue weighted by Gasteiger charge is -2.05. The van der Waals surface area contributed by atoms with Crippen LogP contribution in [-0.4, -0.2) is 14.8 Å². The molecule has 90 valence electrons. The fraction of sp³-hybridized carbons (Fsp3) is 0.333. The monoisotopic (exact) mass is 294 g/mol. The van der Waals surface area contributed by atoms with Crippen LogP contribution in [0.15, 0.2) is 29.0 Å². The summed E-state index contributed by atoms with van der Waals surface area (Å²) >= 11 is 3.37. The number of rotatable bonds is 4. The molecule has 0 bridgehead atoms. The second-order valence-corrected chi connectivity index (χ2v) is 4.63. The van der Waals surface area contributed by atoms with E-state index in [4.69, 9.17) is 0 Å². The lowest BCUT2D eigenvalue weighted by Crippen LogP contribution is -2.02. The largest absolute Gasteiger partial charge is 0.377 e. The van der Waals surface area contributed by atoms with Gasteiger partial charge in [0.2, 0.25) is 0 Å². The van der Waals surface area contributed by atoms with Crippen LogP contribution < -0.4 is 5.32 Å². The molecule has 0 aliphatic carbocycles. The van der Waals surface area contributed by atoms with Gasteiger partial charge in [0.15, 0.2) is 0 Å². The molecule has 0 fully saturated rings. The highest BCUT2D eigenvalue weighted by atomic mass is 79.9. The Balaban J connectivity index is 2.06. The molecular weight excluding hydrogens is 280 g/mol. The van der Waals surface area contributed by atoms with Gasteiger partial charge in [-0.05, 0) is 34.5 Å². The Labute approximate surface area is 109 Å². The summed E-state index contributed by atoms with van der Waals surface area (Å²) < 4.78 is 2.69. The summed E-state index contributed by atoms with van der Waals surface area (Å²) in [6, 6.07) is 5.91. The Morgan fingerprint density at radius 1 is 1.41 bits per heavy atom. The Kier molecular flexibility index (Phi) is 3.78. The van der Waals surface area contributed by atoms with Crippen molar-refractivity contribution in [1.82, 2.24) is 14.8 Å². The number of pyridine rings is 1. The van der Waals surface area contributed by atoms with E-state index in [9.17, 15) is 0 Å². The van der Waals surface area contributed by atoms with Crippen molar-refractivity contribution in [3.8, 4) is 0 Å². The molecule has 2 aromatic heterocycles. The number of nitrogens with one attached hydrogen (secondary N) is 1. The van der Waals surface area contributed by atoms with Crippen molar-refractivity contribution in [3.05, 3.63) is 40.4 Å². The van der Waals surface area contributed by atoms with E-state index in [-0.39, 0.29) is 0 Å². The number of aryl methyl sites for hydroxylation is 2. The summed E-state index contributed by atoms with van der Waals surface area (Å²) in [5.41, 5.74) is 3.17. The molecule has 2 heterocycles. The molecular formula is C12H15BrN4. The van der Waals surface area contributed by atoms with Crippen LogP contribution in [0.4, 0.5) is 5.69 Å². The molecule has 5 heteroatoms. The summed E-state index contributed by atoms with van der Waals surface area (Å²) in [7, 11) is 1.93. The zero-order valence-electron chi connectivity index (χ0n) is 9.94. The number of halogens is 1. The lowest BCUT2D eigenvalue weighted by molar-refractivity contribution is 0.746. The van der Waals surface area contributed by atoms with Gasteiger partial charge in [-0.3, -0.25) is 4.68 Å². The quantitative estimate of drug-likeness (QED) is 0.882. The molecule has 0 amide bonds.